The number of nitrogens with one attached hydrogen (secondary N) is 1. The highest BCUT2D eigenvalue weighted by Gasteiger charge is 2.40. The number of nitrogens with zero attached hydrogens (tertiary/aromatic N) is 2. The third-order valence-corrected chi connectivity index (χ3v) is 5.60. The van der Waals surface area contributed by atoms with Crippen molar-refractivity contribution >= 4 is 0 Å². The molecule has 3 saturated heterocycles. The van der Waals surface area contributed by atoms with Crippen molar-refractivity contribution in [3.05, 3.63) is 0 Å². The molecule has 0 aliphatic carbocycles. The van der Waals surface area contributed by atoms with Crippen LogP contribution in [0.3, 0.4) is 0 Å². The molecule has 3 fully saturated rings. The van der Waals surface area contributed by atoms with Crippen LogP contribution in [0, 0.1) is 0 Å². The Balaban J connectivity index is 1.68. The third kappa shape index (κ3) is 2.84. The van der Waals surface area contributed by atoms with Crippen LogP contribution in [0.25, 0.3) is 0 Å². The molecule has 1 N–H and O–H groups in total. The van der Waals surface area contributed by atoms with Crippen LogP contribution in [0.2, 0.25) is 0 Å². The van der Waals surface area contributed by atoms with Gasteiger partial charge in [0.25, 0.3) is 0 Å². The van der Waals surface area contributed by atoms with E-state index in [4.69, 9.17) is 0 Å². The van der Waals surface area contributed by atoms with Gasteiger partial charge in [0.2, 0.25) is 0 Å². The van der Waals surface area contributed by atoms with Gasteiger partial charge in [-0.25, -0.2) is 0 Å². The van der Waals surface area contributed by atoms with Crippen LogP contribution in [0.5, 0.6) is 0 Å². The zero-order valence-corrected chi connectivity index (χ0v) is 13.0. The Morgan fingerprint density at radius 1 is 1.16 bits per heavy atom. The maximum absolute atomic E-state index is 3.72. The molecule has 3 heteroatoms. The third-order valence-electron chi connectivity index (χ3n) is 5.60. The minimum atomic E-state index is 0.290. The number of rotatable bonds is 2. The van der Waals surface area contributed by atoms with Crippen LogP contribution in [0.15, 0.2) is 0 Å². The first-order chi connectivity index (χ1) is 9.09. The molecule has 110 valence electrons. The molecule has 3 nitrogen and oxygen atoms in total. The van der Waals surface area contributed by atoms with Gasteiger partial charge >= 0.3 is 0 Å². The smallest absolute Gasteiger partial charge is 0.0253 e. The van der Waals surface area contributed by atoms with Gasteiger partial charge in [-0.1, -0.05) is 6.92 Å². The number of hydrogen-bond donors (Lipinski definition) is 1. The molecular weight excluding hydrogens is 234 g/mol. The molecule has 0 aromatic carbocycles. The lowest BCUT2D eigenvalue weighted by Gasteiger charge is -2.50. The fourth-order valence-electron chi connectivity index (χ4n) is 4.46. The summed E-state index contributed by atoms with van der Waals surface area (Å²) in [7, 11) is 0. The Morgan fingerprint density at radius 3 is 2.79 bits per heavy atom. The monoisotopic (exact) mass is 265 g/mol. The fraction of sp³-hybridized carbons (Fsp3) is 1.00. The molecule has 0 bridgehead atoms. The molecule has 0 spiro atoms. The van der Waals surface area contributed by atoms with Gasteiger partial charge in [-0.2, -0.15) is 0 Å². The molecule has 0 radical (unpaired) electrons. The summed E-state index contributed by atoms with van der Waals surface area (Å²) in [5, 5.41) is 3.72. The largest absolute Gasteiger partial charge is 0.309 e. The summed E-state index contributed by atoms with van der Waals surface area (Å²) in [5.74, 6) is 0. The molecule has 3 rings (SSSR count). The van der Waals surface area contributed by atoms with Crippen LogP contribution in [0.4, 0.5) is 0 Å². The van der Waals surface area contributed by atoms with Crippen LogP contribution < -0.4 is 5.32 Å². The lowest BCUT2D eigenvalue weighted by atomic mass is 9.90. The highest BCUT2D eigenvalue weighted by atomic mass is 15.3. The summed E-state index contributed by atoms with van der Waals surface area (Å²) in [6.45, 7) is 12.2. The van der Waals surface area contributed by atoms with Gasteiger partial charge in [0, 0.05) is 36.8 Å². The molecule has 0 saturated carbocycles. The minimum Gasteiger partial charge on any atom is -0.309 e. The van der Waals surface area contributed by atoms with E-state index in [1.165, 1.54) is 58.3 Å². The summed E-state index contributed by atoms with van der Waals surface area (Å²) >= 11 is 0. The van der Waals surface area contributed by atoms with Crippen LogP contribution in [-0.4, -0.2) is 59.6 Å². The van der Waals surface area contributed by atoms with E-state index in [1.54, 1.807) is 0 Å². The first-order valence-electron chi connectivity index (χ1n) is 8.34. The average molecular weight is 265 g/mol. The molecule has 3 heterocycles. The van der Waals surface area contributed by atoms with Crippen molar-refractivity contribution in [2.24, 2.45) is 0 Å². The fourth-order valence-corrected chi connectivity index (χ4v) is 4.46. The predicted molar refractivity (Wildman–Crippen MR) is 80.5 cm³/mol. The van der Waals surface area contributed by atoms with E-state index in [-0.39, 0.29) is 0 Å². The number of hydrogen-bond acceptors (Lipinski definition) is 3. The summed E-state index contributed by atoms with van der Waals surface area (Å²) in [6.07, 6.45) is 6.98. The zero-order valence-electron chi connectivity index (χ0n) is 13.0. The maximum Gasteiger partial charge on any atom is 0.0253 e. The van der Waals surface area contributed by atoms with Crippen molar-refractivity contribution in [2.75, 3.05) is 26.2 Å². The molecule has 0 aromatic heterocycles. The summed E-state index contributed by atoms with van der Waals surface area (Å²) in [6, 6.07) is 2.49. The first kappa shape index (κ1) is 13.8. The molecule has 3 atom stereocenters. The van der Waals surface area contributed by atoms with E-state index in [0.717, 1.165) is 18.1 Å². The SMILES string of the molecule is CCC1CNC(C)(C)CN1C1CCN2CCCC2C1. The summed E-state index contributed by atoms with van der Waals surface area (Å²) < 4.78 is 0. The number of piperidine rings is 1. The van der Waals surface area contributed by atoms with E-state index in [1.807, 2.05) is 0 Å². The zero-order chi connectivity index (χ0) is 13.5. The van der Waals surface area contributed by atoms with E-state index in [0.29, 0.717) is 5.54 Å². The second-order valence-electron chi connectivity index (χ2n) is 7.51. The molecule has 3 unspecified atom stereocenters. The molecule has 3 aliphatic rings. The molecule has 0 amide bonds. The van der Waals surface area contributed by atoms with Gasteiger partial charge in [0.05, 0.1) is 0 Å². The summed E-state index contributed by atoms with van der Waals surface area (Å²) in [4.78, 5) is 5.59. The van der Waals surface area contributed by atoms with Gasteiger partial charge in [-0.05, 0) is 59.0 Å². The van der Waals surface area contributed by atoms with Gasteiger partial charge in [-0.3, -0.25) is 4.90 Å². The molecule has 19 heavy (non-hydrogen) atoms. The highest BCUT2D eigenvalue weighted by Crippen LogP contribution is 2.32. The Morgan fingerprint density at radius 2 is 2.00 bits per heavy atom. The van der Waals surface area contributed by atoms with E-state index >= 15 is 0 Å². The quantitative estimate of drug-likeness (QED) is 0.825. The van der Waals surface area contributed by atoms with Crippen LogP contribution in [-0.2, 0) is 0 Å². The van der Waals surface area contributed by atoms with Gasteiger partial charge in [0.15, 0.2) is 0 Å². The topological polar surface area (TPSA) is 18.5 Å². The van der Waals surface area contributed by atoms with E-state index in [9.17, 15) is 0 Å². The van der Waals surface area contributed by atoms with Crippen molar-refractivity contribution in [1.82, 2.24) is 15.1 Å². The van der Waals surface area contributed by atoms with Crippen molar-refractivity contribution in [3.8, 4) is 0 Å². The average Bonchev–Trinajstić information content (AvgIpc) is 2.85. The normalized spacial score (nSPS) is 40.3. The van der Waals surface area contributed by atoms with Crippen LogP contribution >= 0.6 is 0 Å². The van der Waals surface area contributed by atoms with Gasteiger partial charge in [0.1, 0.15) is 0 Å². The second-order valence-corrected chi connectivity index (χ2v) is 7.51. The van der Waals surface area contributed by atoms with Gasteiger partial charge < -0.3 is 10.2 Å². The Kier molecular flexibility index (Phi) is 3.89. The second kappa shape index (κ2) is 5.34. The Hall–Kier alpha value is -0.120. The first-order valence-corrected chi connectivity index (χ1v) is 8.34. The maximum atomic E-state index is 3.72. The molecule has 3 aliphatic heterocycles. The van der Waals surface area contributed by atoms with Crippen molar-refractivity contribution in [2.45, 2.75) is 76.5 Å². The van der Waals surface area contributed by atoms with E-state index < -0.39 is 0 Å². The number of fused-ring (bicyclic) bond motifs is 1. The van der Waals surface area contributed by atoms with E-state index in [2.05, 4.69) is 35.9 Å². The highest BCUT2D eigenvalue weighted by molar-refractivity contribution is 4.98. The molecule has 0 aromatic rings. The Bertz CT molecular complexity index is 315. The van der Waals surface area contributed by atoms with Crippen molar-refractivity contribution < 1.29 is 0 Å². The minimum absolute atomic E-state index is 0.290. The van der Waals surface area contributed by atoms with Gasteiger partial charge in [-0.15, -0.1) is 0 Å². The van der Waals surface area contributed by atoms with Crippen LogP contribution in [0.1, 0.15) is 52.9 Å². The standard InChI is InChI=1S/C16H31N3/c1-4-13-11-17-16(2,3)12-19(13)15-7-9-18-8-5-6-14(18)10-15/h13-15,17H,4-12H2,1-3H3. The van der Waals surface area contributed by atoms with Crippen molar-refractivity contribution in [1.29, 1.82) is 0 Å². The predicted octanol–water partition coefficient (Wildman–Crippen LogP) is 2.08. The Labute approximate surface area is 118 Å². The number of piperazine rings is 1. The molecular formula is C16H31N3. The lowest BCUT2D eigenvalue weighted by molar-refractivity contribution is 0.0124. The van der Waals surface area contributed by atoms with Crippen molar-refractivity contribution in [3.63, 3.8) is 0 Å². The lowest BCUT2D eigenvalue weighted by Crippen LogP contribution is -2.65. The summed E-state index contributed by atoms with van der Waals surface area (Å²) in [5.41, 5.74) is 0.290.